The van der Waals surface area contributed by atoms with E-state index in [-0.39, 0.29) is 17.1 Å². The number of carbonyl (C=O) groups is 1. The Balaban J connectivity index is 1.73. The van der Waals surface area contributed by atoms with Crippen LogP contribution in [0.5, 0.6) is 5.88 Å². The molecule has 3 rings (SSSR count). The van der Waals surface area contributed by atoms with Crippen LogP contribution in [0.2, 0.25) is 0 Å². The number of nitrogens with zero attached hydrogens (tertiary/aromatic N) is 3. The van der Waals surface area contributed by atoms with Crippen LogP contribution in [0.15, 0.2) is 59.0 Å². The van der Waals surface area contributed by atoms with Gasteiger partial charge in [-0.1, -0.05) is 0 Å². The number of aryl methyl sites for hydroxylation is 1. The molecule has 0 atom stereocenters. The molecule has 29 heavy (non-hydrogen) atoms. The lowest BCUT2D eigenvalue weighted by atomic mass is 10.2. The number of alkyl halides is 3. The van der Waals surface area contributed by atoms with Crippen LogP contribution >= 0.6 is 11.8 Å². The fraction of sp³-hybridized carbons (Fsp3) is 0.167. The molecular formula is C18H14F4N4O2S. The minimum Gasteiger partial charge on any atom is -0.468 e. The first-order valence-electron chi connectivity index (χ1n) is 8.13. The van der Waals surface area contributed by atoms with Crippen molar-refractivity contribution < 1.29 is 27.1 Å². The minimum absolute atomic E-state index is 0.0709. The van der Waals surface area contributed by atoms with Gasteiger partial charge in [-0.15, -0.1) is 0 Å². The van der Waals surface area contributed by atoms with E-state index < -0.39 is 24.5 Å². The molecule has 3 aromatic rings. The number of aromatic nitrogens is 3. The Bertz CT molecular complexity index is 1010. The van der Waals surface area contributed by atoms with E-state index in [1.807, 2.05) is 0 Å². The Morgan fingerprint density at radius 2 is 2.03 bits per heavy atom. The Morgan fingerprint density at radius 1 is 1.24 bits per heavy atom. The summed E-state index contributed by atoms with van der Waals surface area (Å²) in [6.45, 7) is -1.48. The topological polar surface area (TPSA) is 69.0 Å². The van der Waals surface area contributed by atoms with E-state index in [0.717, 1.165) is 18.3 Å². The molecule has 0 radical (unpaired) electrons. The van der Waals surface area contributed by atoms with Crippen LogP contribution in [-0.2, 0) is 7.05 Å². The number of pyridine rings is 1. The van der Waals surface area contributed by atoms with E-state index in [2.05, 4.69) is 20.0 Å². The van der Waals surface area contributed by atoms with E-state index in [0.29, 0.717) is 10.1 Å². The molecule has 0 saturated carbocycles. The molecule has 152 valence electrons. The van der Waals surface area contributed by atoms with Gasteiger partial charge in [-0.05, 0) is 36.0 Å². The zero-order valence-corrected chi connectivity index (χ0v) is 15.7. The number of hydrogen-bond donors (Lipinski definition) is 1. The number of hydrogen-bond acceptors (Lipinski definition) is 5. The third-order valence-corrected chi connectivity index (χ3v) is 4.70. The smallest absolute Gasteiger partial charge is 0.422 e. The predicted molar refractivity (Wildman–Crippen MR) is 97.5 cm³/mol. The average Bonchev–Trinajstić information content (AvgIpc) is 3.06. The summed E-state index contributed by atoms with van der Waals surface area (Å²) in [5.74, 6) is -1.42. The summed E-state index contributed by atoms with van der Waals surface area (Å²) in [6.07, 6.45) is -0.0569. The second kappa shape index (κ2) is 8.52. The van der Waals surface area contributed by atoms with Crippen molar-refractivity contribution in [2.24, 2.45) is 7.05 Å². The molecule has 1 amide bonds. The van der Waals surface area contributed by atoms with Crippen LogP contribution in [-0.4, -0.2) is 33.2 Å². The van der Waals surface area contributed by atoms with Crippen molar-refractivity contribution in [2.75, 3.05) is 11.9 Å². The maximum absolute atomic E-state index is 13.7. The zero-order chi connectivity index (χ0) is 21.0. The zero-order valence-electron chi connectivity index (χ0n) is 14.9. The van der Waals surface area contributed by atoms with Crippen LogP contribution < -0.4 is 10.1 Å². The van der Waals surface area contributed by atoms with Crippen molar-refractivity contribution >= 4 is 23.4 Å². The quantitative estimate of drug-likeness (QED) is 0.596. The van der Waals surface area contributed by atoms with Gasteiger partial charge in [0, 0.05) is 36.6 Å². The van der Waals surface area contributed by atoms with Crippen molar-refractivity contribution in [1.82, 2.24) is 14.5 Å². The van der Waals surface area contributed by atoms with Crippen LogP contribution in [0.4, 0.5) is 23.2 Å². The van der Waals surface area contributed by atoms with Crippen molar-refractivity contribution in [2.45, 2.75) is 16.2 Å². The van der Waals surface area contributed by atoms with Gasteiger partial charge in [0.1, 0.15) is 5.82 Å². The van der Waals surface area contributed by atoms with E-state index >= 15 is 0 Å². The lowest BCUT2D eigenvalue weighted by Gasteiger charge is -2.11. The molecular weight excluding hydrogens is 412 g/mol. The summed E-state index contributed by atoms with van der Waals surface area (Å²) in [7, 11) is 1.80. The first-order chi connectivity index (χ1) is 13.7. The second-order valence-corrected chi connectivity index (χ2v) is 6.82. The predicted octanol–water partition coefficient (Wildman–Crippen LogP) is 4.30. The van der Waals surface area contributed by atoms with Crippen molar-refractivity contribution in [3.8, 4) is 5.88 Å². The van der Waals surface area contributed by atoms with Gasteiger partial charge < -0.3 is 14.6 Å². The molecule has 11 heteroatoms. The number of benzene rings is 1. The standard InChI is InChI=1S/C18H14F4N4O2S/c1-26-7-6-23-17(26)29-14-4-3-12(19)8-13(14)25-16(27)11-2-5-15(24-9-11)28-10-18(20,21)22/h2-9H,10H2,1H3,(H,25,27). The maximum atomic E-state index is 13.7. The summed E-state index contributed by atoms with van der Waals surface area (Å²) in [4.78, 5) is 20.9. The fourth-order valence-electron chi connectivity index (χ4n) is 2.19. The second-order valence-electron chi connectivity index (χ2n) is 5.81. The monoisotopic (exact) mass is 426 g/mol. The fourth-order valence-corrected chi connectivity index (χ4v) is 3.06. The number of imidazole rings is 1. The van der Waals surface area contributed by atoms with Crippen LogP contribution in [0.3, 0.4) is 0 Å². The molecule has 1 aromatic carbocycles. The van der Waals surface area contributed by atoms with Gasteiger partial charge in [0.25, 0.3) is 5.91 Å². The Hall–Kier alpha value is -3.08. The largest absolute Gasteiger partial charge is 0.468 e. The number of nitrogens with one attached hydrogen (secondary N) is 1. The van der Waals surface area contributed by atoms with Gasteiger partial charge in [0.05, 0.1) is 11.3 Å². The third-order valence-electron chi connectivity index (χ3n) is 3.55. The number of rotatable bonds is 6. The SMILES string of the molecule is Cn1ccnc1Sc1ccc(F)cc1NC(=O)c1ccc(OCC(F)(F)F)nc1. The Kier molecular flexibility index (Phi) is 6.06. The average molecular weight is 426 g/mol. The molecule has 6 nitrogen and oxygen atoms in total. The van der Waals surface area contributed by atoms with E-state index in [4.69, 9.17) is 0 Å². The third kappa shape index (κ3) is 5.70. The van der Waals surface area contributed by atoms with Crippen molar-refractivity contribution in [3.63, 3.8) is 0 Å². The van der Waals surface area contributed by atoms with Gasteiger partial charge >= 0.3 is 6.18 Å². The number of anilines is 1. The van der Waals surface area contributed by atoms with Gasteiger partial charge in [-0.2, -0.15) is 13.2 Å². The van der Waals surface area contributed by atoms with Crippen LogP contribution in [0, 0.1) is 5.82 Å². The van der Waals surface area contributed by atoms with E-state index in [1.54, 1.807) is 24.0 Å². The number of ether oxygens (including phenoxy) is 1. The highest BCUT2D eigenvalue weighted by atomic mass is 32.2. The van der Waals surface area contributed by atoms with Crippen molar-refractivity contribution in [1.29, 1.82) is 0 Å². The first kappa shape index (κ1) is 20.6. The van der Waals surface area contributed by atoms with Crippen LogP contribution in [0.25, 0.3) is 0 Å². The van der Waals surface area contributed by atoms with Gasteiger partial charge in [-0.25, -0.2) is 14.4 Å². The molecule has 0 unspecified atom stereocenters. The number of halogens is 4. The number of amides is 1. The summed E-state index contributed by atoms with van der Waals surface area (Å²) < 4.78 is 56.5. The van der Waals surface area contributed by atoms with Crippen molar-refractivity contribution in [3.05, 3.63) is 60.3 Å². The highest BCUT2D eigenvalue weighted by molar-refractivity contribution is 7.99. The molecule has 0 saturated heterocycles. The summed E-state index contributed by atoms with van der Waals surface area (Å²) >= 11 is 1.23. The maximum Gasteiger partial charge on any atom is 0.422 e. The molecule has 2 aromatic heterocycles. The molecule has 0 aliphatic heterocycles. The molecule has 2 heterocycles. The Labute approximate surface area is 166 Å². The summed E-state index contributed by atoms with van der Waals surface area (Å²) in [5.41, 5.74) is 0.293. The van der Waals surface area contributed by atoms with E-state index in [1.165, 1.54) is 30.0 Å². The van der Waals surface area contributed by atoms with Gasteiger partial charge in [0.15, 0.2) is 11.8 Å². The molecule has 1 N–H and O–H groups in total. The molecule has 0 aliphatic rings. The van der Waals surface area contributed by atoms with Gasteiger partial charge in [0.2, 0.25) is 5.88 Å². The highest BCUT2D eigenvalue weighted by Crippen LogP contribution is 2.33. The molecule has 0 spiro atoms. The summed E-state index contributed by atoms with van der Waals surface area (Å²) in [6, 6.07) is 6.35. The lowest BCUT2D eigenvalue weighted by Crippen LogP contribution is -2.19. The van der Waals surface area contributed by atoms with Crippen LogP contribution in [0.1, 0.15) is 10.4 Å². The highest BCUT2D eigenvalue weighted by Gasteiger charge is 2.28. The summed E-state index contributed by atoms with van der Waals surface area (Å²) in [5, 5.41) is 3.22. The Morgan fingerprint density at radius 3 is 2.66 bits per heavy atom. The normalized spacial score (nSPS) is 11.3. The van der Waals surface area contributed by atoms with Gasteiger partial charge in [-0.3, -0.25) is 4.79 Å². The molecule has 0 fully saturated rings. The first-order valence-corrected chi connectivity index (χ1v) is 8.94. The minimum atomic E-state index is -4.49. The molecule has 0 bridgehead atoms. The molecule has 0 aliphatic carbocycles. The lowest BCUT2D eigenvalue weighted by molar-refractivity contribution is -0.154. The van der Waals surface area contributed by atoms with E-state index in [9.17, 15) is 22.4 Å². The number of carbonyl (C=O) groups excluding carboxylic acids is 1.